The summed E-state index contributed by atoms with van der Waals surface area (Å²) in [5.74, 6) is 1.86. The predicted molar refractivity (Wildman–Crippen MR) is 58.8 cm³/mol. The third kappa shape index (κ3) is 2.66. The van der Waals surface area contributed by atoms with Gasteiger partial charge < -0.3 is 10.1 Å². The molecule has 76 valence electrons. The number of nitrogens with one attached hydrogen (secondary N) is 1. The lowest BCUT2D eigenvalue weighted by atomic mass is 10.3. The Bertz CT molecular complexity index is 294. The Morgan fingerprint density at radius 3 is 3.00 bits per heavy atom. The van der Waals surface area contributed by atoms with Crippen molar-refractivity contribution in [3.63, 3.8) is 0 Å². The van der Waals surface area contributed by atoms with Crippen molar-refractivity contribution in [3.05, 3.63) is 24.3 Å². The maximum atomic E-state index is 5.43. The molecule has 1 N–H and O–H groups in total. The van der Waals surface area contributed by atoms with E-state index in [0.29, 0.717) is 0 Å². The molecule has 0 spiro atoms. The smallest absolute Gasteiger partial charge is 0.121 e. The summed E-state index contributed by atoms with van der Waals surface area (Å²) >= 11 is 0. The van der Waals surface area contributed by atoms with Crippen molar-refractivity contribution in [2.24, 2.45) is 5.92 Å². The topological polar surface area (TPSA) is 21.3 Å². The zero-order chi connectivity index (χ0) is 9.80. The van der Waals surface area contributed by atoms with E-state index in [4.69, 9.17) is 4.74 Å². The number of hydrogen-bond acceptors (Lipinski definition) is 2. The molecule has 2 nitrogen and oxygen atoms in total. The van der Waals surface area contributed by atoms with Gasteiger partial charge in [0.25, 0.3) is 0 Å². The fraction of sp³-hybridized carbons (Fsp3) is 0.500. The summed E-state index contributed by atoms with van der Waals surface area (Å²) in [6.45, 7) is 3.84. The second kappa shape index (κ2) is 4.36. The van der Waals surface area contributed by atoms with E-state index in [-0.39, 0.29) is 0 Å². The van der Waals surface area contributed by atoms with Crippen LogP contribution in [0.25, 0.3) is 0 Å². The van der Waals surface area contributed by atoms with Crippen molar-refractivity contribution in [2.75, 3.05) is 18.5 Å². The summed E-state index contributed by atoms with van der Waals surface area (Å²) in [5.41, 5.74) is 1.17. The summed E-state index contributed by atoms with van der Waals surface area (Å²) in [6, 6.07) is 8.17. The van der Waals surface area contributed by atoms with Gasteiger partial charge in [0.15, 0.2) is 0 Å². The number of ether oxygens (including phenoxy) is 1. The summed E-state index contributed by atoms with van der Waals surface area (Å²) in [4.78, 5) is 0. The number of rotatable bonds is 5. The third-order valence-corrected chi connectivity index (χ3v) is 2.44. The van der Waals surface area contributed by atoms with Gasteiger partial charge in [0, 0.05) is 18.3 Å². The van der Waals surface area contributed by atoms with Crippen LogP contribution >= 0.6 is 0 Å². The minimum Gasteiger partial charge on any atom is -0.494 e. The Hall–Kier alpha value is -1.18. The standard InChI is InChI=1S/C12H17NO/c1-2-14-12-5-3-4-11(8-12)13-9-10-6-7-10/h3-5,8,10,13H,2,6-7,9H2,1H3. The molecule has 1 fully saturated rings. The number of hydrogen-bond donors (Lipinski definition) is 1. The van der Waals surface area contributed by atoms with Gasteiger partial charge in [-0.2, -0.15) is 0 Å². The van der Waals surface area contributed by atoms with Crippen LogP contribution in [-0.4, -0.2) is 13.2 Å². The maximum Gasteiger partial charge on any atom is 0.121 e. The first-order chi connectivity index (χ1) is 6.88. The van der Waals surface area contributed by atoms with Gasteiger partial charge in [-0.25, -0.2) is 0 Å². The normalized spacial score (nSPS) is 15.2. The number of anilines is 1. The van der Waals surface area contributed by atoms with Crippen LogP contribution < -0.4 is 10.1 Å². The van der Waals surface area contributed by atoms with Crippen molar-refractivity contribution >= 4 is 5.69 Å². The molecule has 0 aromatic heterocycles. The van der Waals surface area contributed by atoms with E-state index in [1.54, 1.807) is 0 Å². The highest BCUT2D eigenvalue weighted by atomic mass is 16.5. The molecule has 2 rings (SSSR count). The average molecular weight is 191 g/mol. The molecule has 2 heteroatoms. The summed E-state index contributed by atoms with van der Waals surface area (Å²) < 4.78 is 5.43. The molecule has 0 unspecified atom stereocenters. The molecular weight excluding hydrogens is 174 g/mol. The second-order valence-electron chi connectivity index (χ2n) is 3.79. The minimum atomic E-state index is 0.728. The largest absolute Gasteiger partial charge is 0.494 e. The molecule has 1 aliphatic carbocycles. The predicted octanol–water partition coefficient (Wildman–Crippen LogP) is 2.91. The molecule has 1 aromatic rings. The van der Waals surface area contributed by atoms with E-state index in [1.165, 1.54) is 18.5 Å². The zero-order valence-corrected chi connectivity index (χ0v) is 8.62. The molecule has 0 heterocycles. The van der Waals surface area contributed by atoms with E-state index in [1.807, 2.05) is 19.1 Å². The molecule has 0 aliphatic heterocycles. The molecule has 1 aliphatic rings. The van der Waals surface area contributed by atoms with E-state index in [2.05, 4.69) is 17.4 Å². The van der Waals surface area contributed by atoms with Gasteiger partial charge in [0.2, 0.25) is 0 Å². The fourth-order valence-corrected chi connectivity index (χ4v) is 1.45. The second-order valence-corrected chi connectivity index (χ2v) is 3.79. The molecule has 1 aromatic carbocycles. The zero-order valence-electron chi connectivity index (χ0n) is 8.62. The summed E-state index contributed by atoms with van der Waals surface area (Å²) in [6.07, 6.45) is 2.77. The van der Waals surface area contributed by atoms with Gasteiger partial charge >= 0.3 is 0 Å². The average Bonchev–Trinajstić information content (AvgIpc) is 2.99. The van der Waals surface area contributed by atoms with Crippen molar-refractivity contribution in [1.82, 2.24) is 0 Å². The third-order valence-electron chi connectivity index (χ3n) is 2.44. The van der Waals surface area contributed by atoms with Crippen LogP contribution in [0.4, 0.5) is 5.69 Å². The van der Waals surface area contributed by atoms with Gasteiger partial charge in [0.1, 0.15) is 5.75 Å². The summed E-state index contributed by atoms with van der Waals surface area (Å²) in [5, 5.41) is 3.43. The molecule has 0 atom stereocenters. The Kier molecular flexibility index (Phi) is 2.92. The highest BCUT2D eigenvalue weighted by molar-refractivity contribution is 5.48. The van der Waals surface area contributed by atoms with E-state index >= 15 is 0 Å². The van der Waals surface area contributed by atoms with E-state index in [9.17, 15) is 0 Å². The van der Waals surface area contributed by atoms with Crippen molar-refractivity contribution < 1.29 is 4.74 Å². The molecule has 0 amide bonds. The van der Waals surface area contributed by atoms with Gasteiger partial charge in [-0.1, -0.05) is 6.07 Å². The molecule has 1 saturated carbocycles. The van der Waals surface area contributed by atoms with Crippen LogP contribution in [0, 0.1) is 5.92 Å². The SMILES string of the molecule is CCOc1cccc(NCC2CC2)c1. The van der Waals surface area contributed by atoms with Gasteiger partial charge in [-0.05, 0) is 37.8 Å². The van der Waals surface area contributed by atoms with E-state index in [0.717, 1.165) is 24.8 Å². The molecule has 14 heavy (non-hydrogen) atoms. The van der Waals surface area contributed by atoms with Crippen LogP contribution in [-0.2, 0) is 0 Å². The lowest BCUT2D eigenvalue weighted by Gasteiger charge is -2.07. The molecular formula is C12H17NO. The van der Waals surface area contributed by atoms with Crippen LogP contribution in [0.5, 0.6) is 5.75 Å². The monoisotopic (exact) mass is 191 g/mol. The Morgan fingerprint density at radius 1 is 1.43 bits per heavy atom. The Morgan fingerprint density at radius 2 is 2.29 bits per heavy atom. The van der Waals surface area contributed by atoms with Crippen molar-refractivity contribution in [3.8, 4) is 5.75 Å². The maximum absolute atomic E-state index is 5.43. The van der Waals surface area contributed by atoms with Crippen LogP contribution in [0.1, 0.15) is 19.8 Å². The first-order valence-electron chi connectivity index (χ1n) is 5.35. The van der Waals surface area contributed by atoms with Gasteiger partial charge in [-0.15, -0.1) is 0 Å². The lowest BCUT2D eigenvalue weighted by Crippen LogP contribution is -2.03. The molecule has 0 saturated heterocycles. The van der Waals surface area contributed by atoms with Gasteiger partial charge in [0.05, 0.1) is 6.61 Å². The van der Waals surface area contributed by atoms with E-state index < -0.39 is 0 Å². The van der Waals surface area contributed by atoms with Crippen LogP contribution in [0.15, 0.2) is 24.3 Å². The highest BCUT2D eigenvalue weighted by Crippen LogP contribution is 2.29. The quantitative estimate of drug-likeness (QED) is 0.772. The first kappa shape index (κ1) is 9.38. The van der Waals surface area contributed by atoms with Crippen LogP contribution in [0.3, 0.4) is 0 Å². The molecule has 0 radical (unpaired) electrons. The Balaban J connectivity index is 1.90. The van der Waals surface area contributed by atoms with Crippen LogP contribution in [0.2, 0.25) is 0 Å². The molecule has 0 bridgehead atoms. The van der Waals surface area contributed by atoms with Gasteiger partial charge in [-0.3, -0.25) is 0 Å². The highest BCUT2D eigenvalue weighted by Gasteiger charge is 2.20. The Labute approximate surface area is 85.3 Å². The van der Waals surface area contributed by atoms with Crippen molar-refractivity contribution in [1.29, 1.82) is 0 Å². The minimum absolute atomic E-state index is 0.728. The summed E-state index contributed by atoms with van der Waals surface area (Å²) in [7, 11) is 0. The first-order valence-corrected chi connectivity index (χ1v) is 5.35. The van der Waals surface area contributed by atoms with Crippen molar-refractivity contribution in [2.45, 2.75) is 19.8 Å². The fourth-order valence-electron chi connectivity index (χ4n) is 1.45. The number of benzene rings is 1. The lowest BCUT2D eigenvalue weighted by molar-refractivity contribution is 0.340.